The summed E-state index contributed by atoms with van der Waals surface area (Å²) in [5.41, 5.74) is 0.441. The van der Waals surface area contributed by atoms with E-state index in [2.05, 4.69) is 15.6 Å². The van der Waals surface area contributed by atoms with Crippen molar-refractivity contribution in [1.82, 2.24) is 10.3 Å². The van der Waals surface area contributed by atoms with Gasteiger partial charge in [-0.3, -0.25) is 10.1 Å². The molecule has 1 saturated heterocycles. The lowest BCUT2D eigenvalue weighted by Gasteiger charge is -2.20. The van der Waals surface area contributed by atoms with E-state index < -0.39 is 5.60 Å². The molecule has 0 bridgehead atoms. The molecule has 18 heavy (non-hydrogen) atoms. The molecule has 0 radical (unpaired) electrons. The van der Waals surface area contributed by atoms with E-state index in [-0.39, 0.29) is 5.91 Å². The van der Waals surface area contributed by atoms with Gasteiger partial charge in [-0.1, -0.05) is 0 Å². The van der Waals surface area contributed by atoms with Gasteiger partial charge >= 0.3 is 0 Å². The second-order valence-electron chi connectivity index (χ2n) is 4.95. The fraction of sp³-hybridized carbons (Fsp3) is 0.667. The molecule has 0 aliphatic carbocycles. The van der Waals surface area contributed by atoms with Crippen molar-refractivity contribution in [1.29, 1.82) is 0 Å². The molecule has 1 atom stereocenters. The van der Waals surface area contributed by atoms with Crippen molar-refractivity contribution in [3.63, 3.8) is 0 Å². The van der Waals surface area contributed by atoms with Crippen LogP contribution in [0.15, 0.2) is 0 Å². The van der Waals surface area contributed by atoms with Crippen LogP contribution in [0.1, 0.15) is 30.3 Å². The second-order valence-corrected chi connectivity index (χ2v) is 6.04. The molecule has 2 N–H and O–H groups in total. The minimum absolute atomic E-state index is 0.0703. The smallest absolute Gasteiger partial charge is 0.258 e. The summed E-state index contributed by atoms with van der Waals surface area (Å²) in [5.74, 6) is -0.0703. The minimum atomic E-state index is -0.676. The number of fused-ring (bicyclic) bond motifs is 1. The number of hydrogen-bond donors (Lipinski definition) is 2. The van der Waals surface area contributed by atoms with Crippen molar-refractivity contribution in [2.75, 3.05) is 18.5 Å². The van der Waals surface area contributed by atoms with Gasteiger partial charge in [0.15, 0.2) is 5.13 Å². The van der Waals surface area contributed by atoms with E-state index in [0.717, 1.165) is 38.0 Å². The fourth-order valence-electron chi connectivity index (χ4n) is 2.37. The maximum absolute atomic E-state index is 12.2. The van der Waals surface area contributed by atoms with E-state index in [1.165, 1.54) is 4.88 Å². The first-order valence-electron chi connectivity index (χ1n) is 6.32. The Hall–Kier alpha value is -0.980. The van der Waals surface area contributed by atoms with Crippen LogP contribution in [-0.4, -0.2) is 29.6 Å². The van der Waals surface area contributed by atoms with Crippen LogP contribution in [0.5, 0.6) is 0 Å². The van der Waals surface area contributed by atoms with Gasteiger partial charge in [0.25, 0.3) is 5.91 Å². The number of nitrogens with zero attached hydrogens (tertiary/aromatic N) is 1. The highest BCUT2D eigenvalue weighted by Gasteiger charge is 2.38. The van der Waals surface area contributed by atoms with Crippen LogP contribution in [-0.2, 0) is 22.5 Å². The highest BCUT2D eigenvalue weighted by molar-refractivity contribution is 7.15. The van der Waals surface area contributed by atoms with Crippen LogP contribution in [0.25, 0.3) is 0 Å². The van der Waals surface area contributed by atoms with Gasteiger partial charge in [0.05, 0.1) is 5.69 Å². The van der Waals surface area contributed by atoms with Gasteiger partial charge in [-0.25, -0.2) is 4.98 Å². The minimum Gasteiger partial charge on any atom is -0.365 e. The normalized spacial score (nSPS) is 26.9. The topological polar surface area (TPSA) is 63.2 Å². The Morgan fingerprint density at radius 3 is 3.22 bits per heavy atom. The summed E-state index contributed by atoms with van der Waals surface area (Å²) in [6.07, 6.45) is 2.67. The number of carbonyl (C=O) groups excluding carboxylic acids is 1. The number of anilines is 1. The first kappa shape index (κ1) is 12.1. The molecule has 1 aromatic rings. The molecule has 1 fully saturated rings. The number of amides is 1. The fourth-order valence-corrected chi connectivity index (χ4v) is 3.34. The quantitative estimate of drug-likeness (QED) is 0.847. The van der Waals surface area contributed by atoms with Gasteiger partial charge in [0, 0.05) is 31.0 Å². The third-order valence-electron chi connectivity index (χ3n) is 3.52. The molecule has 0 aromatic carbocycles. The molecule has 98 valence electrons. The number of hydrogen-bond acceptors (Lipinski definition) is 5. The number of carbonyl (C=O) groups is 1. The van der Waals surface area contributed by atoms with Crippen LogP contribution in [0, 0.1) is 0 Å². The summed E-state index contributed by atoms with van der Waals surface area (Å²) in [6.45, 7) is 4.34. The highest BCUT2D eigenvalue weighted by Crippen LogP contribution is 2.29. The van der Waals surface area contributed by atoms with Gasteiger partial charge in [0.1, 0.15) is 5.60 Å². The van der Waals surface area contributed by atoms with Crippen molar-refractivity contribution < 1.29 is 9.53 Å². The molecule has 0 saturated carbocycles. The maximum Gasteiger partial charge on any atom is 0.258 e. The number of nitrogens with one attached hydrogen (secondary N) is 2. The van der Waals surface area contributed by atoms with E-state index >= 15 is 0 Å². The van der Waals surface area contributed by atoms with E-state index in [4.69, 9.17) is 4.74 Å². The Morgan fingerprint density at radius 2 is 2.50 bits per heavy atom. The second kappa shape index (κ2) is 4.60. The summed E-state index contributed by atoms with van der Waals surface area (Å²) in [6, 6.07) is 0. The van der Waals surface area contributed by atoms with Crippen LogP contribution in [0.3, 0.4) is 0 Å². The third-order valence-corrected chi connectivity index (χ3v) is 4.54. The lowest BCUT2D eigenvalue weighted by molar-refractivity contribution is -0.133. The predicted octanol–water partition coefficient (Wildman–Crippen LogP) is 1.30. The van der Waals surface area contributed by atoms with Gasteiger partial charge < -0.3 is 10.1 Å². The number of ether oxygens (including phenoxy) is 1. The predicted molar refractivity (Wildman–Crippen MR) is 69.7 cm³/mol. The Balaban J connectivity index is 1.72. The molecule has 1 unspecified atom stereocenters. The van der Waals surface area contributed by atoms with Crippen LogP contribution >= 0.6 is 11.3 Å². The molecule has 0 spiro atoms. The molecule has 3 rings (SSSR count). The monoisotopic (exact) mass is 267 g/mol. The standard InChI is InChI=1S/C12H17N3O2S/c1-12(4-2-6-17-12)10(16)15-11-14-8-3-5-13-7-9(8)18-11/h13H,2-7H2,1H3,(H,14,15,16). The molecule has 6 heteroatoms. The van der Waals surface area contributed by atoms with Crippen LogP contribution in [0.2, 0.25) is 0 Å². The number of thiazole rings is 1. The Kier molecular flexibility index (Phi) is 3.09. The van der Waals surface area contributed by atoms with Gasteiger partial charge in [-0.05, 0) is 19.8 Å². The van der Waals surface area contributed by atoms with Crippen molar-refractivity contribution in [2.45, 2.75) is 38.3 Å². The first-order valence-corrected chi connectivity index (χ1v) is 7.14. The van der Waals surface area contributed by atoms with E-state index in [1.54, 1.807) is 11.3 Å². The molecule has 3 heterocycles. The van der Waals surface area contributed by atoms with Crippen molar-refractivity contribution in [3.8, 4) is 0 Å². The zero-order chi connectivity index (χ0) is 12.6. The van der Waals surface area contributed by atoms with Gasteiger partial charge in [0.2, 0.25) is 0 Å². The van der Waals surface area contributed by atoms with Gasteiger partial charge in [-0.15, -0.1) is 11.3 Å². The zero-order valence-electron chi connectivity index (χ0n) is 10.4. The molecular weight excluding hydrogens is 250 g/mol. The van der Waals surface area contributed by atoms with E-state index in [9.17, 15) is 4.79 Å². The SMILES string of the molecule is CC1(C(=O)Nc2nc3c(s2)CNCC3)CCCO1. The molecule has 2 aliphatic rings. The summed E-state index contributed by atoms with van der Waals surface area (Å²) < 4.78 is 5.53. The summed E-state index contributed by atoms with van der Waals surface area (Å²) in [7, 11) is 0. The van der Waals surface area contributed by atoms with Gasteiger partial charge in [-0.2, -0.15) is 0 Å². The van der Waals surface area contributed by atoms with Crippen molar-refractivity contribution >= 4 is 22.4 Å². The zero-order valence-corrected chi connectivity index (χ0v) is 11.2. The Labute approximate surface area is 110 Å². The number of rotatable bonds is 2. The molecule has 1 amide bonds. The molecule has 5 nitrogen and oxygen atoms in total. The summed E-state index contributed by atoms with van der Waals surface area (Å²) >= 11 is 1.56. The molecule has 2 aliphatic heterocycles. The van der Waals surface area contributed by atoms with Crippen LogP contribution in [0.4, 0.5) is 5.13 Å². The molecular formula is C12H17N3O2S. The Bertz CT molecular complexity index is 442. The highest BCUT2D eigenvalue weighted by atomic mass is 32.1. The van der Waals surface area contributed by atoms with Crippen molar-refractivity contribution in [2.24, 2.45) is 0 Å². The van der Waals surface area contributed by atoms with Crippen LogP contribution < -0.4 is 10.6 Å². The largest absolute Gasteiger partial charge is 0.365 e. The average molecular weight is 267 g/mol. The summed E-state index contributed by atoms with van der Waals surface area (Å²) in [5, 5.41) is 6.90. The average Bonchev–Trinajstić information content (AvgIpc) is 2.95. The molecule has 1 aromatic heterocycles. The third kappa shape index (κ3) is 2.15. The van der Waals surface area contributed by atoms with E-state index in [0.29, 0.717) is 11.7 Å². The lowest BCUT2D eigenvalue weighted by atomic mass is 10.0. The first-order chi connectivity index (χ1) is 8.67. The lowest BCUT2D eigenvalue weighted by Crippen LogP contribution is -2.39. The number of aromatic nitrogens is 1. The maximum atomic E-state index is 12.2. The Morgan fingerprint density at radius 1 is 1.61 bits per heavy atom. The summed E-state index contributed by atoms with van der Waals surface area (Å²) in [4.78, 5) is 17.9. The van der Waals surface area contributed by atoms with Crippen molar-refractivity contribution in [3.05, 3.63) is 10.6 Å². The van der Waals surface area contributed by atoms with E-state index in [1.807, 2.05) is 6.92 Å².